The van der Waals surface area contributed by atoms with Crippen LogP contribution in [-0.4, -0.2) is 48.7 Å². The summed E-state index contributed by atoms with van der Waals surface area (Å²) in [4.78, 5) is 39.8. The number of nitrogens with zero attached hydrogens (tertiary/aromatic N) is 1. The number of rotatable bonds is 7. The summed E-state index contributed by atoms with van der Waals surface area (Å²) in [5.41, 5.74) is 3.35. The molecule has 7 heteroatoms. The van der Waals surface area contributed by atoms with E-state index in [1.807, 2.05) is 42.5 Å². The molecule has 3 N–H and O–H groups in total. The average molecular weight is 449 g/mol. The number of hydrogen-bond donors (Lipinski definition) is 3. The molecule has 2 aromatic rings. The van der Waals surface area contributed by atoms with Crippen LogP contribution in [0.25, 0.3) is 0 Å². The van der Waals surface area contributed by atoms with Gasteiger partial charge in [-0.25, -0.2) is 0 Å². The highest BCUT2D eigenvalue weighted by Gasteiger charge is 2.44. The summed E-state index contributed by atoms with van der Waals surface area (Å²) in [6.45, 7) is 6.19. The van der Waals surface area contributed by atoms with Gasteiger partial charge in [-0.1, -0.05) is 24.3 Å². The van der Waals surface area contributed by atoms with Crippen molar-refractivity contribution < 1.29 is 14.4 Å². The Bertz CT molecular complexity index is 1060. The van der Waals surface area contributed by atoms with E-state index in [9.17, 15) is 14.4 Å². The fraction of sp³-hybridized carbons (Fsp3) is 0.423. The van der Waals surface area contributed by atoms with E-state index in [4.69, 9.17) is 0 Å². The van der Waals surface area contributed by atoms with E-state index >= 15 is 0 Å². The molecule has 2 aromatic carbocycles. The van der Waals surface area contributed by atoms with Crippen molar-refractivity contribution in [3.63, 3.8) is 0 Å². The van der Waals surface area contributed by atoms with Crippen molar-refractivity contribution in [2.75, 3.05) is 36.8 Å². The number of likely N-dealkylation sites (tertiary alicyclic amines) is 1. The van der Waals surface area contributed by atoms with E-state index < -0.39 is 5.54 Å². The van der Waals surface area contributed by atoms with E-state index in [1.54, 1.807) is 0 Å². The van der Waals surface area contributed by atoms with Crippen LogP contribution in [0.3, 0.4) is 0 Å². The van der Waals surface area contributed by atoms with Crippen LogP contribution in [0.15, 0.2) is 42.5 Å². The summed E-state index contributed by atoms with van der Waals surface area (Å²) in [6.07, 6.45) is 3.29. The van der Waals surface area contributed by atoms with Crippen LogP contribution in [0.1, 0.15) is 43.4 Å². The van der Waals surface area contributed by atoms with E-state index in [-0.39, 0.29) is 24.0 Å². The van der Waals surface area contributed by atoms with Crippen molar-refractivity contribution >= 4 is 29.0 Å². The predicted octanol–water partition coefficient (Wildman–Crippen LogP) is 2.85. The summed E-state index contributed by atoms with van der Waals surface area (Å²) in [6, 6.07) is 13.3. The average Bonchev–Trinajstić information content (AvgIpc) is 3.27. The molecule has 1 atom stereocenters. The maximum atomic E-state index is 14.1. The Labute approximate surface area is 194 Å². The van der Waals surface area contributed by atoms with Gasteiger partial charge >= 0.3 is 0 Å². The van der Waals surface area contributed by atoms with E-state index in [0.29, 0.717) is 24.5 Å². The van der Waals surface area contributed by atoms with Gasteiger partial charge in [0.25, 0.3) is 0 Å². The van der Waals surface area contributed by atoms with Crippen molar-refractivity contribution in [2.24, 2.45) is 0 Å². The molecule has 7 nitrogen and oxygen atoms in total. The Hall–Kier alpha value is -3.03. The molecular formula is C26H32N4O3. The van der Waals surface area contributed by atoms with Crippen molar-refractivity contribution in [2.45, 2.75) is 45.1 Å². The second-order valence-electron chi connectivity index (χ2n) is 9.06. The van der Waals surface area contributed by atoms with Crippen LogP contribution < -0.4 is 16.0 Å². The third-order valence-corrected chi connectivity index (χ3v) is 6.53. The van der Waals surface area contributed by atoms with Crippen molar-refractivity contribution in [3.8, 4) is 0 Å². The third kappa shape index (κ3) is 5.15. The molecular weight excluding hydrogens is 416 g/mol. The maximum Gasteiger partial charge on any atom is 0.221 e. The number of benzene rings is 2. The van der Waals surface area contributed by atoms with Crippen LogP contribution in [0, 0.1) is 0 Å². The SMILES string of the molecule is CC(=O)Nc1ccc2c(c1)C(CN1CCCC1)(C(=O)Cc1ccccc1NC(C)=O)NCC2. The maximum absolute atomic E-state index is 14.1. The number of anilines is 2. The first-order valence-corrected chi connectivity index (χ1v) is 11.6. The minimum atomic E-state index is -0.879. The highest BCUT2D eigenvalue weighted by atomic mass is 16.2. The highest BCUT2D eigenvalue weighted by molar-refractivity contribution is 5.96. The summed E-state index contributed by atoms with van der Waals surface area (Å²) in [5, 5.41) is 9.30. The number of carbonyl (C=O) groups is 3. The topological polar surface area (TPSA) is 90.5 Å². The molecule has 1 fully saturated rings. The molecule has 2 aliphatic rings. The van der Waals surface area contributed by atoms with Crippen LogP contribution in [0.2, 0.25) is 0 Å². The molecule has 2 heterocycles. The van der Waals surface area contributed by atoms with E-state index in [2.05, 4.69) is 20.9 Å². The summed E-state index contributed by atoms with van der Waals surface area (Å²) >= 11 is 0. The third-order valence-electron chi connectivity index (χ3n) is 6.53. The van der Waals surface area contributed by atoms with Gasteiger partial charge in [0.15, 0.2) is 5.78 Å². The first-order chi connectivity index (χ1) is 15.9. The van der Waals surface area contributed by atoms with Crippen LogP contribution in [0.4, 0.5) is 11.4 Å². The lowest BCUT2D eigenvalue weighted by Gasteiger charge is -2.42. The number of nitrogens with one attached hydrogen (secondary N) is 3. The number of ketones is 1. The number of carbonyl (C=O) groups excluding carboxylic acids is 3. The van der Waals surface area contributed by atoms with Crippen LogP contribution in [0.5, 0.6) is 0 Å². The predicted molar refractivity (Wildman–Crippen MR) is 129 cm³/mol. The lowest BCUT2D eigenvalue weighted by Crippen LogP contribution is -2.59. The van der Waals surface area contributed by atoms with Gasteiger partial charge in [0.1, 0.15) is 5.54 Å². The first kappa shape index (κ1) is 23.1. The van der Waals surface area contributed by atoms with Crippen LogP contribution in [-0.2, 0) is 32.8 Å². The number of para-hydroxylation sites is 1. The van der Waals surface area contributed by atoms with Gasteiger partial charge in [-0.3, -0.25) is 19.7 Å². The summed E-state index contributed by atoms with van der Waals surface area (Å²) < 4.78 is 0. The van der Waals surface area contributed by atoms with Crippen molar-refractivity contribution in [3.05, 3.63) is 59.2 Å². The zero-order valence-electron chi connectivity index (χ0n) is 19.4. The van der Waals surface area contributed by atoms with Gasteiger partial charge in [-0.15, -0.1) is 0 Å². The molecule has 33 heavy (non-hydrogen) atoms. The molecule has 1 saturated heterocycles. The molecule has 0 spiro atoms. The zero-order chi connectivity index (χ0) is 23.4. The Morgan fingerprint density at radius 2 is 1.73 bits per heavy atom. The molecule has 1 unspecified atom stereocenters. The molecule has 0 aliphatic carbocycles. The zero-order valence-corrected chi connectivity index (χ0v) is 19.4. The first-order valence-electron chi connectivity index (χ1n) is 11.6. The van der Waals surface area contributed by atoms with Gasteiger partial charge < -0.3 is 15.5 Å². The van der Waals surface area contributed by atoms with E-state index in [0.717, 1.165) is 49.0 Å². The Morgan fingerprint density at radius 3 is 2.45 bits per heavy atom. The Kier molecular flexibility index (Phi) is 6.91. The molecule has 0 aromatic heterocycles. The number of Topliss-reactive ketones (excluding diaryl/α,β-unsaturated/α-hetero) is 1. The molecule has 174 valence electrons. The normalized spacial score (nSPS) is 20.2. The van der Waals surface area contributed by atoms with Gasteiger partial charge in [-0.2, -0.15) is 0 Å². The Balaban J connectivity index is 1.74. The largest absolute Gasteiger partial charge is 0.326 e. The molecule has 4 rings (SSSR count). The van der Waals surface area contributed by atoms with Crippen LogP contribution >= 0.6 is 0 Å². The van der Waals surface area contributed by atoms with E-state index in [1.165, 1.54) is 13.8 Å². The highest BCUT2D eigenvalue weighted by Crippen LogP contribution is 2.35. The molecule has 0 saturated carbocycles. The van der Waals surface area contributed by atoms with Gasteiger partial charge in [0.2, 0.25) is 11.8 Å². The van der Waals surface area contributed by atoms with Gasteiger partial charge in [0.05, 0.1) is 0 Å². The molecule has 0 radical (unpaired) electrons. The smallest absolute Gasteiger partial charge is 0.221 e. The monoisotopic (exact) mass is 448 g/mol. The minimum absolute atomic E-state index is 0.0631. The quantitative estimate of drug-likeness (QED) is 0.606. The number of amides is 2. The minimum Gasteiger partial charge on any atom is -0.326 e. The standard InChI is InChI=1S/C26H32N4O3/c1-18(31)28-22-10-9-20-11-12-27-26(23(20)16-22,17-30-13-5-6-14-30)25(33)15-21-7-3-4-8-24(21)29-19(2)32/h3-4,7-10,16,27H,5-6,11-15,17H2,1-2H3,(H,28,31)(H,29,32). The fourth-order valence-electron chi connectivity index (χ4n) is 5.04. The second kappa shape index (κ2) is 9.85. The molecule has 0 bridgehead atoms. The second-order valence-corrected chi connectivity index (χ2v) is 9.06. The lowest BCUT2D eigenvalue weighted by atomic mass is 9.76. The molecule has 2 aliphatic heterocycles. The number of hydrogen-bond acceptors (Lipinski definition) is 5. The molecule has 2 amide bonds. The van der Waals surface area contributed by atoms with Crippen molar-refractivity contribution in [1.29, 1.82) is 0 Å². The van der Waals surface area contributed by atoms with Gasteiger partial charge in [0, 0.05) is 44.7 Å². The fourth-order valence-corrected chi connectivity index (χ4v) is 5.04. The summed E-state index contributed by atoms with van der Waals surface area (Å²) in [7, 11) is 0. The lowest BCUT2D eigenvalue weighted by molar-refractivity contribution is -0.126. The summed E-state index contributed by atoms with van der Waals surface area (Å²) in [5.74, 6) is -0.240. The Morgan fingerprint density at radius 1 is 1.00 bits per heavy atom. The number of fused-ring (bicyclic) bond motifs is 1. The van der Waals surface area contributed by atoms with Crippen molar-refractivity contribution in [1.82, 2.24) is 10.2 Å². The van der Waals surface area contributed by atoms with Gasteiger partial charge in [-0.05, 0) is 67.2 Å².